The second kappa shape index (κ2) is 8.45. The van der Waals surface area contributed by atoms with E-state index in [2.05, 4.69) is 21.4 Å². The molecule has 30 heavy (non-hydrogen) atoms. The zero-order valence-corrected chi connectivity index (χ0v) is 17.5. The van der Waals surface area contributed by atoms with Gasteiger partial charge in [0.25, 0.3) is 0 Å². The summed E-state index contributed by atoms with van der Waals surface area (Å²) in [5.74, 6) is 1.62. The van der Waals surface area contributed by atoms with Crippen LogP contribution in [0.5, 0.6) is 0 Å². The van der Waals surface area contributed by atoms with Crippen LogP contribution in [0.3, 0.4) is 0 Å². The van der Waals surface area contributed by atoms with Gasteiger partial charge in [-0.2, -0.15) is 0 Å². The highest BCUT2D eigenvalue weighted by Gasteiger charge is 2.22. The molecular formula is C23H24N6S. The second-order valence-electron chi connectivity index (χ2n) is 7.73. The van der Waals surface area contributed by atoms with Gasteiger partial charge in [-0.05, 0) is 61.4 Å². The molecule has 5 rings (SSSR count). The number of rotatable bonds is 6. The maximum atomic E-state index is 6.42. The molecule has 0 amide bonds. The number of fused-ring (bicyclic) bond motifs is 3. The lowest BCUT2D eigenvalue weighted by molar-refractivity contribution is 0.694. The molecule has 7 heteroatoms. The summed E-state index contributed by atoms with van der Waals surface area (Å²) in [6.07, 6.45) is 12.7. The van der Waals surface area contributed by atoms with E-state index in [-0.39, 0.29) is 6.04 Å². The van der Waals surface area contributed by atoms with Gasteiger partial charge >= 0.3 is 0 Å². The van der Waals surface area contributed by atoms with E-state index in [1.807, 2.05) is 35.7 Å². The van der Waals surface area contributed by atoms with Crippen LogP contribution in [0.15, 0.2) is 49.1 Å². The van der Waals surface area contributed by atoms with E-state index in [0.29, 0.717) is 6.54 Å². The van der Waals surface area contributed by atoms with Gasteiger partial charge in [-0.25, -0.2) is 9.97 Å². The molecule has 0 unspecified atom stereocenters. The number of nitrogens with zero attached hydrogens (tertiary/aromatic N) is 4. The van der Waals surface area contributed by atoms with Crippen LogP contribution in [0.4, 0.5) is 5.82 Å². The highest BCUT2D eigenvalue weighted by atomic mass is 32.1. The van der Waals surface area contributed by atoms with Crippen LogP contribution in [0.1, 0.15) is 28.8 Å². The number of aromatic nitrogens is 4. The first-order valence-corrected chi connectivity index (χ1v) is 11.2. The first kappa shape index (κ1) is 19.1. The van der Waals surface area contributed by atoms with Crippen molar-refractivity contribution in [3.8, 4) is 11.4 Å². The van der Waals surface area contributed by atoms with E-state index in [1.165, 1.54) is 28.7 Å². The number of pyridine rings is 2. The molecule has 4 aromatic heterocycles. The number of nitrogens with one attached hydrogen (secondary N) is 1. The van der Waals surface area contributed by atoms with Crippen LogP contribution in [0.2, 0.25) is 0 Å². The molecule has 0 saturated carbocycles. The monoisotopic (exact) mass is 416 g/mol. The third-order valence-corrected chi connectivity index (χ3v) is 6.69. The van der Waals surface area contributed by atoms with Gasteiger partial charge in [0.1, 0.15) is 10.6 Å². The Morgan fingerprint density at radius 3 is 2.73 bits per heavy atom. The molecule has 1 aliphatic rings. The number of anilines is 1. The molecule has 0 bridgehead atoms. The standard InChI is InChI=1S/C23H24N6S/c24-17(12-15-4-3-9-26-13-15)14-27-22-20-18-5-1-2-6-19(18)30-23(20)29-21(28-22)16-7-10-25-11-8-16/h3-4,7-11,13,17H,1-2,5-6,12,14,24H2,(H,27,28,29)/t17-/m0/s1. The minimum Gasteiger partial charge on any atom is -0.368 e. The molecule has 0 spiro atoms. The molecule has 3 N–H and O–H groups in total. The van der Waals surface area contributed by atoms with E-state index < -0.39 is 0 Å². The normalized spacial score (nSPS) is 14.4. The summed E-state index contributed by atoms with van der Waals surface area (Å²) < 4.78 is 0. The van der Waals surface area contributed by atoms with E-state index >= 15 is 0 Å². The topological polar surface area (TPSA) is 89.6 Å². The molecule has 1 aliphatic carbocycles. The molecular weight excluding hydrogens is 392 g/mol. The lowest BCUT2D eigenvalue weighted by Crippen LogP contribution is -2.31. The quantitative estimate of drug-likeness (QED) is 0.494. The molecule has 6 nitrogen and oxygen atoms in total. The fourth-order valence-electron chi connectivity index (χ4n) is 4.04. The molecule has 0 radical (unpaired) electrons. The fourth-order valence-corrected chi connectivity index (χ4v) is 5.30. The van der Waals surface area contributed by atoms with Crippen molar-refractivity contribution in [2.24, 2.45) is 5.73 Å². The van der Waals surface area contributed by atoms with E-state index in [4.69, 9.17) is 15.7 Å². The van der Waals surface area contributed by atoms with Gasteiger partial charge in [-0.3, -0.25) is 9.97 Å². The van der Waals surface area contributed by atoms with Gasteiger partial charge in [-0.15, -0.1) is 11.3 Å². The predicted molar refractivity (Wildman–Crippen MR) is 122 cm³/mol. The highest BCUT2D eigenvalue weighted by Crippen LogP contribution is 2.39. The zero-order chi connectivity index (χ0) is 20.3. The Morgan fingerprint density at radius 2 is 1.90 bits per heavy atom. The van der Waals surface area contributed by atoms with Crippen molar-refractivity contribution >= 4 is 27.4 Å². The summed E-state index contributed by atoms with van der Waals surface area (Å²) in [5.41, 5.74) is 9.96. The number of hydrogen-bond acceptors (Lipinski definition) is 7. The summed E-state index contributed by atoms with van der Waals surface area (Å²) in [6.45, 7) is 0.640. The van der Waals surface area contributed by atoms with Crippen molar-refractivity contribution in [1.82, 2.24) is 19.9 Å². The second-order valence-corrected chi connectivity index (χ2v) is 8.81. The van der Waals surface area contributed by atoms with E-state index in [0.717, 1.165) is 46.9 Å². The summed E-state index contributed by atoms with van der Waals surface area (Å²) in [5, 5.41) is 4.73. The number of aryl methyl sites for hydroxylation is 2. The Kier molecular flexibility index (Phi) is 5.38. The number of hydrogen-bond donors (Lipinski definition) is 2. The van der Waals surface area contributed by atoms with Gasteiger partial charge in [0.05, 0.1) is 5.39 Å². The van der Waals surface area contributed by atoms with Gasteiger partial charge in [0.2, 0.25) is 0 Å². The van der Waals surface area contributed by atoms with Crippen molar-refractivity contribution in [1.29, 1.82) is 0 Å². The maximum Gasteiger partial charge on any atom is 0.163 e. The van der Waals surface area contributed by atoms with Gasteiger partial charge in [0, 0.05) is 47.8 Å². The molecule has 1 atom stereocenters. The molecule has 0 saturated heterocycles. The molecule has 4 heterocycles. The van der Waals surface area contributed by atoms with Crippen LogP contribution >= 0.6 is 11.3 Å². The summed E-state index contributed by atoms with van der Waals surface area (Å²) in [4.78, 5) is 20.6. The Bertz CT molecular complexity index is 1140. The summed E-state index contributed by atoms with van der Waals surface area (Å²) in [7, 11) is 0. The van der Waals surface area contributed by atoms with Crippen LogP contribution in [-0.2, 0) is 19.3 Å². The lowest BCUT2D eigenvalue weighted by Gasteiger charge is -2.16. The van der Waals surface area contributed by atoms with E-state index in [9.17, 15) is 0 Å². The SMILES string of the molecule is N[C@H](CNc1nc(-c2ccncc2)nc2sc3c(c12)CCCC3)Cc1cccnc1. The molecule has 0 aromatic carbocycles. The fraction of sp³-hybridized carbons (Fsp3) is 0.304. The highest BCUT2D eigenvalue weighted by molar-refractivity contribution is 7.19. The summed E-state index contributed by atoms with van der Waals surface area (Å²) >= 11 is 1.81. The van der Waals surface area contributed by atoms with Crippen LogP contribution < -0.4 is 11.1 Å². The number of thiophene rings is 1. The minimum absolute atomic E-state index is 0.0296. The Hall–Kier alpha value is -2.90. The Balaban J connectivity index is 1.48. The number of nitrogens with two attached hydrogens (primary N) is 1. The van der Waals surface area contributed by atoms with Crippen LogP contribution in [0.25, 0.3) is 21.6 Å². The summed E-state index contributed by atoms with van der Waals surface area (Å²) in [6, 6.07) is 7.88. The van der Waals surface area contributed by atoms with Crippen molar-refractivity contribution in [3.05, 3.63) is 65.1 Å². The molecule has 4 aromatic rings. The van der Waals surface area contributed by atoms with Gasteiger partial charge in [0.15, 0.2) is 5.82 Å². The predicted octanol–water partition coefficient (Wildman–Crippen LogP) is 4.01. The van der Waals surface area contributed by atoms with Crippen LogP contribution in [0, 0.1) is 0 Å². The maximum absolute atomic E-state index is 6.42. The molecule has 0 fully saturated rings. The van der Waals surface area contributed by atoms with Crippen molar-refractivity contribution < 1.29 is 0 Å². The lowest BCUT2D eigenvalue weighted by atomic mass is 9.97. The smallest absolute Gasteiger partial charge is 0.163 e. The van der Waals surface area contributed by atoms with Gasteiger partial charge in [-0.1, -0.05) is 6.07 Å². The molecule has 152 valence electrons. The van der Waals surface area contributed by atoms with Gasteiger partial charge < -0.3 is 11.1 Å². The zero-order valence-electron chi connectivity index (χ0n) is 16.7. The first-order chi connectivity index (χ1) is 14.8. The van der Waals surface area contributed by atoms with Crippen LogP contribution in [-0.4, -0.2) is 32.5 Å². The van der Waals surface area contributed by atoms with E-state index in [1.54, 1.807) is 18.6 Å². The van der Waals surface area contributed by atoms with Crippen molar-refractivity contribution in [2.75, 3.05) is 11.9 Å². The van der Waals surface area contributed by atoms with Crippen molar-refractivity contribution in [2.45, 2.75) is 38.1 Å². The first-order valence-electron chi connectivity index (χ1n) is 10.4. The minimum atomic E-state index is -0.0296. The Labute approximate surface area is 179 Å². The third kappa shape index (κ3) is 3.91. The Morgan fingerprint density at radius 1 is 1.03 bits per heavy atom. The van der Waals surface area contributed by atoms with Crippen molar-refractivity contribution in [3.63, 3.8) is 0 Å². The average molecular weight is 417 g/mol. The molecule has 0 aliphatic heterocycles. The third-order valence-electron chi connectivity index (χ3n) is 5.51. The largest absolute Gasteiger partial charge is 0.368 e. The average Bonchev–Trinajstić information content (AvgIpc) is 3.17.